The molecule has 1 aliphatic carbocycles. The quantitative estimate of drug-likeness (QED) is 0.801. The zero-order valence-electron chi connectivity index (χ0n) is 11.6. The van der Waals surface area contributed by atoms with Gasteiger partial charge >= 0.3 is 6.03 Å². The number of nitrogens with one attached hydrogen (secondary N) is 2. The molecular formula is C15H22N2O2. The third-order valence-corrected chi connectivity index (χ3v) is 3.28. The van der Waals surface area contributed by atoms with Crippen LogP contribution >= 0.6 is 0 Å². The fourth-order valence-corrected chi connectivity index (χ4v) is 2.38. The summed E-state index contributed by atoms with van der Waals surface area (Å²) in [4.78, 5) is 11.8. The Hall–Kier alpha value is -1.55. The van der Waals surface area contributed by atoms with Gasteiger partial charge in [-0.1, -0.05) is 24.3 Å². The average Bonchev–Trinajstić information content (AvgIpc) is 2.78. The van der Waals surface area contributed by atoms with E-state index in [1.54, 1.807) is 0 Å². The first-order valence-corrected chi connectivity index (χ1v) is 6.90. The molecular weight excluding hydrogens is 240 g/mol. The summed E-state index contributed by atoms with van der Waals surface area (Å²) in [6.07, 6.45) is 2.22. The maximum Gasteiger partial charge on any atom is 0.315 e. The molecule has 104 valence electrons. The lowest BCUT2D eigenvalue weighted by atomic mass is 10.1. The lowest BCUT2D eigenvalue weighted by Crippen LogP contribution is -2.39. The lowest BCUT2D eigenvalue weighted by Gasteiger charge is -2.15. The standard InChI is InChI=1S/C15H22N2O2/c1-11(2)19-10-9-16-15(18)17-14-8-7-12-5-3-4-6-13(12)14/h3-6,11,14H,7-10H2,1-2H3,(H2,16,17,18)/t14-/m1/s1. The van der Waals surface area contributed by atoms with Gasteiger partial charge in [0.05, 0.1) is 18.8 Å². The molecule has 2 amide bonds. The molecule has 0 unspecified atom stereocenters. The highest BCUT2D eigenvalue weighted by Gasteiger charge is 2.22. The number of carbonyl (C=O) groups is 1. The maximum atomic E-state index is 11.8. The number of hydrogen-bond acceptors (Lipinski definition) is 2. The average molecular weight is 262 g/mol. The summed E-state index contributed by atoms with van der Waals surface area (Å²) in [5, 5.41) is 5.84. The van der Waals surface area contributed by atoms with E-state index in [4.69, 9.17) is 4.74 Å². The highest BCUT2D eigenvalue weighted by Crippen LogP contribution is 2.30. The molecule has 0 heterocycles. The van der Waals surface area contributed by atoms with Crippen LogP contribution in [0.4, 0.5) is 4.79 Å². The number of carbonyl (C=O) groups excluding carboxylic acids is 1. The predicted octanol–water partition coefficient (Wildman–Crippen LogP) is 2.40. The second kappa shape index (κ2) is 6.57. The summed E-state index contributed by atoms with van der Waals surface area (Å²) < 4.78 is 5.38. The molecule has 0 fully saturated rings. The maximum absolute atomic E-state index is 11.8. The van der Waals surface area contributed by atoms with Crippen LogP contribution in [0.5, 0.6) is 0 Å². The number of urea groups is 1. The number of benzene rings is 1. The highest BCUT2D eigenvalue weighted by atomic mass is 16.5. The van der Waals surface area contributed by atoms with Crippen LogP contribution in [0.15, 0.2) is 24.3 Å². The van der Waals surface area contributed by atoms with Crippen molar-refractivity contribution >= 4 is 6.03 Å². The third-order valence-electron chi connectivity index (χ3n) is 3.28. The van der Waals surface area contributed by atoms with Gasteiger partial charge in [0.15, 0.2) is 0 Å². The van der Waals surface area contributed by atoms with Crippen LogP contribution in [-0.4, -0.2) is 25.3 Å². The fourth-order valence-electron chi connectivity index (χ4n) is 2.38. The zero-order chi connectivity index (χ0) is 13.7. The van der Waals surface area contributed by atoms with Crippen LogP contribution in [0, 0.1) is 0 Å². The molecule has 0 bridgehead atoms. The van der Waals surface area contributed by atoms with Crippen molar-refractivity contribution in [1.82, 2.24) is 10.6 Å². The van der Waals surface area contributed by atoms with Gasteiger partial charge in [-0.15, -0.1) is 0 Å². The Labute approximate surface area is 114 Å². The van der Waals surface area contributed by atoms with E-state index in [0.29, 0.717) is 13.2 Å². The van der Waals surface area contributed by atoms with Gasteiger partial charge < -0.3 is 15.4 Å². The van der Waals surface area contributed by atoms with Crippen molar-refractivity contribution in [2.75, 3.05) is 13.2 Å². The molecule has 4 nitrogen and oxygen atoms in total. The van der Waals surface area contributed by atoms with Crippen molar-refractivity contribution in [3.63, 3.8) is 0 Å². The summed E-state index contributed by atoms with van der Waals surface area (Å²) in [5.74, 6) is 0. The summed E-state index contributed by atoms with van der Waals surface area (Å²) in [5.41, 5.74) is 2.59. The molecule has 0 saturated heterocycles. The summed E-state index contributed by atoms with van der Waals surface area (Å²) in [6, 6.07) is 8.31. The van der Waals surface area contributed by atoms with Gasteiger partial charge in [-0.25, -0.2) is 4.79 Å². The molecule has 1 aliphatic rings. The minimum atomic E-state index is -0.117. The Morgan fingerprint density at radius 2 is 2.21 bits per heavy atom. The minimum Gasteiger partial charge on any atom is -0.377 e. The van der Waals surface area contributed by atoms with E-state index in [9.17, 15) is 4.79 Å². The number of amides is 2. The summed E-state index contributed by atoms with van der Waals surface area (Å²) in [7, 11) is 0. The van der Waals surface area contributed by atoms with Crippen molar-refractivity contribution < 1.29 is 9.53 Å². The van der Waals surface area contributed by atoms with Gasteiger partial charge in [0.1, 0.15) is 0 Å². The highest BCUT2D eigenvalue weighted by molar-refractivity contribution is 5.74. The van der Waals surface area contributed by atoms with Crippen LogP contribution in [0.25, 0.3) is 0 Å². The van der Waals surface area contributed by atoms with E-state index >= 15 is 0 Å². The van der Waals surface area contributed by atoms with Crippen molar-refractivity contribution in [1.29, 1.82) is 0 Å². The van der Waals surface area contributed by atoms with Crippen LogP contribution < -0.4 is 10.6 Å². The molecule has 19 heavy (non-hydrogen) atoms. The molecule has 4 heteroatoms. The largest absolute Gasteiger partial charge is 0.377 e. The van der Waals surface area contributed by atoms with E-state index in [-0.39, 0.29) is 18.2 Å². The molecule has 1 atom stereocenters. The molecule has 1 aromatic carbocycles. The van der Waals surface area contributed by atoms with Gasteiger partial charge in [-0.05, 0) is 37.8 Å². The van der Waals surface area contributed by atoms with E-state index in [2.05, 4.69) is 22.8 Å². The first-order valence-electron chi connectivity index (χ1n) is 6.90. The van der Waals surface area contributed by atoms with Crippen molar-refractivity contribution in [2.24, 2.45) is 0 Å². The Bertz CT molecular complexity index is 432. The summed E-state index contributed by atoms with van der Waals surface area (Å²) in [6.45, 7) is 5.05. The van der Waals surface area contributed by atoms with Gasteiger partial charge in [0, 0.05) is 6.54 Å². The lowest BCUT2D eigenvalue weighted by molar-refractivity contribution is 0.0817. The third kappa shape index (κ3) is 3.96. The SMILES string of the molecule is CC(C)OCCNC(=O)N[C@@H]1CCc2ccccc21. The van der Waals surface area contributed by atoms with E-state index in [1.807, 2.05) is 26.0 Å². The van der Waals surface area contributed by atoms with E-state index in [1.165, 1.54) is 11.1 Å². The molecule has 0 radical (unpaired) electrons. The van der Waals surface area contributed by atoms with Gasteiger partial charge in [0.2, 0.25) is 0 Å². The Morgan fingerprint density at radius 3 is 3.00 bits per heavy atom. The normalized spacial score (nSPS) is 17.3. The number of fused-ring (bicyclic) bond motifs is 1. The number of aryl methyl sites for hydroxylation is 1. The van der Waals surface area contributed by atoms with Gasteiger partial charge in [-0.3, -0.25) is 0 Å². The van der Waals surface area contributed by atoms with Crippen molar-refractivity contribution in [2.45, 2.75) is 38.8 Å². The number of ether oxygens (including phenoxy) is 1. The molecule has 1 aromatic rings. The van der Waals surface area contributed by atoms with Crippen LogP contribution in [-0.2, 0) is 11.2 Å². The second-order valence-electron chi connectivity index (χ2n) is 5.11. The summed E-state index contributed by atoms with van der Waals surface area (Å²) >= 11 is 0. The first kappa shape index (κ1) is 13.9. The Morgan fingerprint density at radius 1 is 1.42 bits per heavy atom. The molecule has 0 aromatic heterocycles. The first-order chi connectivity index (χ1) is 9.16. The minimum absolute atomic E-state index is 0.117. The van der Waals surface area contributed by atoms with Crippen LogP contribution in [0.3, 0.4) is 0 Å². The topological polar surface area (TPSA) is 50.4 Å². The van der Waals surface area contributed by atoms with Crippen molar-refractivity contribution in [3.05, 3.63) is 35.4 Å². The molecule has 0 saturated carbocycles. The number of rotatable bonds is 5. The zero-order valence-corrected chi connectivity index (χ0v) is 11.6. The van der Waals surface area contributed by atoms with Gasteiger partial charge in [0.25, 0.3) is 0 Å². The fraction of sp³-hybridized carbons (Fsp3) is 0.533. The molecule has 0 spiro atoms. The van der Waals surface area contributed by atoms with Crippen molar-refractivity contribution in [3.8, 4) is 0 Å². The predicted molar refractivity (Wildman–Crippen MR) is 75.1 cm³/mol. The molecule has 2 rings (SSSR count). The Kier molecular flexibility index (Phi) is 4.80. The van der Waals surface area contributed by atoms with Crippen LogP contribution in [0.2, 0.25) is 0 Å². The second-order valence-corrected chi connectivity index (χ2v) is 5.11. The van der Waals surface area contributed by atoms with Crippen LogP contribution in [0.1, 0.15) is 37.4 Å². The smallest absolute Gasteiger partial charge is 0.315 e. The van der Waals surface area contributed by atoms with E-state index in [0.717, 1.165) is 12.8 Å². The monoisotopic (exact) mass is 262 g/mol. The Balaban J connectivity index is 1.75. The molecule has 0 aliphatic heterocycles. The van der Waals surface area contributed by atoms with Gasteiger partial charge in [-0.2, -0.15) is 0 Å². The number of hydrogen-bond donors (Lipinski definition) is 2. The van der Waals surface area contributed by atoms with E-state index < -0.39 is 0 Å². The molecule has 2 N–H and O–H groups in total.